The lowest BCUT2D eigenvalue weighted by Gasteiger charge is -2.24. The van der Waals surface area contributed by atoms with Gasteiger partial charge in [-0.1, -0.05) is 75.4 Å². The van der Waals surface area contributed by atoms with Crippen molar-refractivity contribution in [2.45, 2.75) is 32.6 Å². The lowest BCUT2D eigenvalue weighted by Crippen LogP contribution is -2.38. The van der Waals surface area contributed by atoms with Gasteiger partial charge in [-0.15, -0.1) is 0 Å². The summed E-state index contributed by atoms with van der Waals surface area (Å²) in [5, 5.41) is 7.55. The molecule has 6 nitrogen and oxygen atoms in total. The van der Waals surface area contributed by atoms with Gasteiger partial charge in [0.1, 0.15) is 5.69 Å². The van der Waals surface area contributed by atoms with Crippen LogP contribution >= 0.6 is 0 Å². The van der Waals surface area contributed by atoms with Crippen molar-refractivity contribution in [1.82, 2.24) is 20.0 Å². The van der Waals surface area contributed by atoms with Crippen LogP contribution in [0.5, 0.6) is 0 Å². The lowest BCUT2D eigenvalue weighted by molar-refractivity contribution is -0.124. The Bertz CT molecular complexity index is 1140. The van der Waals surface area contributed by atoms with E-state index in [2.05, 4.69) is 55.5 Å². The second-order valence-corrected chi connectivity index (χ2v) is 9.75. The maximum absolute atomic E-state index is 13.4. The maximum atomic E-state index is 13.4. The fourth-order valence-corrected chi connectivity index (χ4v) is 4.30. The van der Waals surface area contributed by atoms with E-state index in [0.717, 1.165) is 22.4 Å². The van der Waals surface area contributed by atoms with Crippen LogP contribution in [0.2, 0.25) is 0 Å². The molecular formula is C27H32N4O2. The van der Waals surface area contributed by atoms with Crippen LogP contribution in [0.1, 0.15) is 42.5 Å². The Kier molecular flexibility index (Phi) is 6.36. The van der Waals surface area contributed by atoms with Gasteiger partial charge in [-0.05, 0) is 29.2 Å². The van der Waals surface area contributed by atoms with E-state index >= 15 is 0 Å². The molecule has 172 valence electrons. The number of rotatable bonds is 4. The molecule has 2 heterocycles. The monoisotopic (exact) mass is 444 g/mol. The maximum Gasteiger partial charge on any atom is 0.272 e. The van der Waals surface area contributed by atoms with Gasteiger partial charge in [-0.25, -0.2) is 0 Å². The van der Waals surface area contributed by atoms with Crippen LogP contribution in [-0.4, -0.2) is 46.1 Å². The highest BCUT2D eigenvalue weighted by molar-refractivity contribution is 5.93. The van der Waals surface area contributed by atoms with Gasteiger partial charge in [-0.3, -0.25) is 14.3 Å². The Morgan fingerprint density at radius 1 is 1.09 bits per heavy atom. The highest BCUT2D eigenvalue weighted by Gasteiger charge is 2.31. The molecule has 1 unspecified atom stereocenters. The average molecular weight is 445 g/mol. The van der Waals surface area contributed by atoms with Gasteiger partial charge in [0.05, 0.1) is 11.6 Å². The second kappa shape index (κ2) is 9.22. The third kappa shape index (κ3) is 5.00. The van der Waals surface area contributed by atoms with Crippen molar-refractivity contribution < 1.29 is 9.59 Å². The van der Waals surface area contributed by atoms with E-state index < -0.39 is 0 Å². The molecule has 1 saturated heterocycles. The SMILES string of the molecule is Cn1nc(C(C)(C)C)cc1C(=O)N1CCNC(=O)C(Cc2ccccc2-c2ccccc2)C1. The topological polar surface area (TPSA) is 67.2 Å². The van der Waals surface area contributed by atoms with Crippen LogP contribution in [0.4, 0.5) is 0 Å². The summed E-state index contributed by atoms with van der Waals surface area (Å²) in [5.41, 5.74) is 4.64. The largest absolute Gasteiger partial charge is 0.354 e. The molecule has 3 aromatic rings. The van der Waals surface area contributed by atoms with Crippen molar-refractivity contribution in [3.8, 4) is 11.1 Å². The first kappa shape index (κ1) is 22.8. The van der Waals surface area contributed by atoms with Crippen LogP contribution in [0.15, 0.2) is 60.7 Å². The normalized spacial score (nSPS) is 16.9. The quantitative estimate of drug-likeness (QED) is 0.665. The molecule has 6 heteroatoms. The molecule has 1 aliphatic heterocycles. The molecule has 1 N–H and O–H groups in total. The fourth-order valence-electron chi connectivity index (χ4n) is 4.30. The highest BCUT2D eigenvalue weighted by atomic mass is 16.2. The van der Waals surface area contributed by atoms with E-state index in [1.165, 1.54) is 0 Å². The molecule has 33 heavy (non-hydrogen) atoms. The fraction of sp³-hybridized carbons (Fsp3) is 0.370. The zero-order valence-electron chi connectivity index (χ0n) is 19.8. The van der Waals surface area contributed by atoms with Crippen LogP contribution in [0, 0.1) is 5.92 Å². The number of carbonyl (C=O) groups excluding carboxylic acids is 2. The molecule has 2 amide bonds. The summed E-state index contributed by atoms with van der Waals surface area (Å²) in [5.74, 6) is -0.413. The molecule has 1 aromatic heterocycles. The summed E-state index contributed by atoms with van der Waals surface area (Å²) < 4.78 is 1.66. The zero-order valence-corrected chi connectivity index (χ0v) is 19.8. The Labute approximate surface area is 195 Å². The number of benzene rings is 2. The van der Waals surface area contributed by atoms with E-state index in [-0.39, 0.29) is 23.1 Å². The number of amides is 2. The molecular weight excluding hydrogens is 412 g/mol. The first-order valence-corrected chi connectivity index (χ1v) is 11.5. The molecule has 2 aromatic carbocycles. The summed E-state index contributed by atoms with van der Waals surface area (Å²) in [6, 6.07) is 20.3. The lowest BCUT2D eigenvalue weighted by atomic mass is 9.91. The van der Waals surface area contributed by atoms with Gasteiger partial charge in [0.25, 0.3) is 5.91 Å². The molecule has 4 rings (SSSR count). The van der Waals surface area contributed by atoms with E-state index in [9.17, 15) is 9.59 Å². The van der Waals surface area contributed by atoms with Crippen molar-refractivity contribution in [3.05, 3.63) is 77.6 Å². The number of aromatic nitrogens is 2. The number of hydrogen-bond acceptors (Lipinski definition) is 3. The minimum Gasteiger partial charge on any atom is -0.354 e. The Balaban J connectivity index is 1.58. The van der Waals surface area contributed by atoms with Crippen molar-refractivity contribution in [2.75, 3.05) is 19.6 Å². The van der Waals surface area contributed by atoms with Crippen LogP contribution in [0.3, 0.4) is 0 Å². The van der Waals surface area contributed by atoms with Gasteiger partial charge >= 0.3 is 0 Å². The third-order valence-electron chi connectivity index (χ3n) is 6.22. The van der Waals surface area contributed by atoms with Crippen LogP contribution in [-0.2, 0) is 23.7 Å². The van der Waals surface area contributed by atoms with E-state index in [0.29, 0.717) is 31.7 Å². The standard InChI is InChI=1S/C27H32N4O2/c1-27(2,3)24-17-23(30(4)29-24)26(33)31-15-14-28-25(32)21(18-31)16-20-12-8-9-13-22(20)19-10-6-5-7-11-19/h5-13,17,21H,14-16,18H2,1-4H3,(H,28,32). The van der Waals surface area contributed by atoms with Gasteiger partial charge in [0.2, 0.25) is 5.91 Å². The minimum atomic E-state index is -0.323. The number of aryl methyl sites for hydroxylation is 1. The molecule has 0 saturated carbocycles. The van der Waals surface area contributed by atoms with Crippen LogP contribution < -0.4 is 5.32 Å². The summed E-state index contributed by atoms with van der Waals surface area (Å²) in [4.78, 5) is 28.1. The summed E-state index contributed by atoms with van der Waals surface area (Å²) in [7, 11) is 1.80. The second-order valence-electron chi connectivity index (χ2n) is 9.75. The molecule has 1 aliphatic rings. The van der Waals surface area contributed by atoms with Gasteiger partial charge < -0.3 is 10.2 Å². The summed E-state index contributed by atoms with van der Waals surface area (Å²) in [6.45, 7) is 7.56. The first-order valence-electron chi connectivity index (χ1n) is 11.5. The minimum absolute atomic E-state index is 0.00597. The number of nitrogens with one attached hydrogen (secondary N) is 1. The third-order valence-corrected chi connectivity index (χ3v) is 6.22. The Hall–Kier alpha value is -3.41. The predicted molar refractivity (Wildman–Crippen MR) is 130 cm³/mol. The van der Waals surface area contributed by atoms with Crippen molar-refractivity contribution >= 4 is 11.8 Å². The number of hydrogen-bond donors (Lipinski definition) is 1. The number of nitrogens with zero attached hydrogens (tertiary/aromatic N) is 3. The van der Waals surface area contributed by atoms with Crippen molar-refractivity contribution in [1.29, 1.82) is 0 Å². The van der Waals surface area contributed by atoms with E-state index in [1.54, 1.807) is 16.6 Å². The van der Waals surface area contributed by atoms with Crippen LogP contribution in [0.25, 0.3) is 11.1 Å². The molecule has 0 spiro atoms. The molecule has 0 aliphatic carbocycles. The van der Waals surface area contributed by atoms with Gasteiger partial charge in [0.15, 0.2) is 0 Å². The molecule has 0 bridgehead atoms. The van der Waals surface area contributed by atoms with Gasteiger partial charge in [0, 0.05) is 32.1 Å². The van der Waals surface area contributed by atoms with Gasteiger partial charge in [-0.2, -0.15) is 5.10 Å². The Morgan fingerprint density at radius 3 is 2.48 bits per heavy atom. The highest BCUT2D eigenvalue weighted by Crippen LogP contribution is 2.27. The van der Waals surface area contributed by atoms with Crippen molar-refractivity contribution in [2.24, 2.45) is 13.0 Å². The molecule has 1 atom stereocenters. The Morgan fingerprint density at radius 2 is 1.79 bits per heavy atom. The first-order chi connectivity index (χ1) is 15.7. The zero-order chi connectivity index (χ0) is 23.6. The van der Waals surface area contributed by atoms with E-state index in [1.807, 2.05) is 36.4 Å². The molecule has 0 radical (unpaired) electrons. The average Bonchev–Trinajstić information content (AvgIpc) is 3.10. The molecule has 1 fully saturated rings. The predicted octanol–water partition coefficient (Wildman–Crippen LogP) is 3.82. The van der Waals surface area contributed by atoms with E-state index in [4.69, 9.17) is 0 Å². The summed E-state index contributed by atoms with van der Waals surface area (Å²) in [6.07, 6.45) is 0.569. The summed E-state index contributed by atoms with van der Waals surface area (Å²) >= 11 is 0. The number of carbonyl (C=O) groups is 2. The van der Waals surface area contributed by atoms with Crippen molar-refractivity contribution in [3.63, 3.8) is 0 Å². The smallest absolute Gasteiger partial charge is 0.272 e.